The van der Waals surface area contributed by atoms with Crippen molar-refractivity contribution in [3.05, 3.63) is 84.6 Å². The Morgan fingerprint density at radius 3 is 2.40 bits per heavy atom. The van der Waals surface area contributed by atoms with Crippen molar-refractivity contribution in [2.75, 3.05) is 0 Å². The van der Waals surface area contributed by atoms with E-state index in [0.717, 1.165) is 0 Å². The Labute approximate surface area is 119 Å². The Morgan fingerprint density at radius 2 is 1.65 bits per heavy atom. The SMILES string of the molecule is C=CC=Cc1c(C)c2ccccc2n1-c1ccccc1. The van der Waals surface area contributed by atoms with E-state index >= 15 is 0 Å². The van der Waals surface area contributed by atoms with Gasteiger partial charge in [-0.2, -0.15) is 0 Å². The minimum atomic E-state index is 1.18. The quantitative estimate of drug-likeness (QED) is 0.574. The van der Waals surface area contributed by atoms with Gasteiger partial charge in [-0.1, -0.05) is 55.1 Å². The lowest BCUT2D eigenvalue weighted by Crippen LogP contribution is -1.96. The summed E-state index contributed by atoms with van der Waals surface area (Å²) in [5.74, 6) is 0. The van der Waals surface area contributed by atoms with Gasteiger partial charge in [-0.3, -0.25) is 0 Å². The zero-order chi connectivity index (χ0) is 13.9. The fourth-order valence-electron chi connectivity index (χ4n) is 2.64. The van der Waals surface area contributed by atoms with Crippen LogP contribution in [0.5, 0.6) is 0 Å². The third-order valence-electron chi connectivity index (χ3n) is 3.58. The number of aromatic nitrogens is 1. The van der Waals surface area contributed by atoms with Crippen molar-refractivity contribution in [3.8, 4) is 5.69 Å². The Morgan fingerprint density at radius 1 is 0.950 bits per heavy atom. The molecule has 0 spiro atoms. The van der Waals surface area contributed by atoms with Gasteiger partial charge < -0.3 is 4.57 Å². The van der Waals surface area contributed by atoms with Crippen LogP contribution in [0.25, 0.3) is 22.7 Å². The zero-order valence-corrected chi connectivity index (χ0v) is 11.6. The van der Waals surface area contributed by atoms with Crippen LogP contribution in [0.4, 0.5) is 0 Å². The fraction of sp³-hybridized carbons (Fsp3) is 0.0526. The molecule has 0 amide bonds. The number of nitrogens with zero attached hydrogens (tertiary/aromatic N) is 1. The van der Waals surface area contributed by atoms with Crippen LogP contribution in [0.1, 0.15) is 11.3 Å². The molecule has 3 aromatic rings. The van der Waals surface area contributed by atoms with Crippen LogP contribution in [0.2, 0.25) is 0 Å². The maximum Gasteiger partial charge on any atom is 0.0537 e. The Balaban J connectivity index is 2.38. The molecular weight excluding hydrogens is 242 g/mol. The molecule has 0 bridgehead atoms. The molecule has 3 rings (SSSR count). The average Bonchev–Trinajstić information content (AvgIpc) is 2.79. The lowest BCUT2D eigenvalue weighted by molar-refractivity contribution is 1.10. The van der Waals surface area contributed by atoms with E-state index in [2.05, 4.69) is 72.7 Å². The van der Waals surface area contributed by atoms with E-state index in [1.807, 2.05) is 18.2 Å². The molecule has 1 heterocycles. The Bertz CT molecular complexity index is 776. The van der Waals surface area contributed by atoms with E-state index in [9.17, 15) is 0 Å². The van der Waals surface area contributed by atoms with Gasteiger partial charge in [-0.05, 0) is 36.8 Å². The highest BCUT2D eigenvalue weighted by molar-refractivity contribution is 5.89. The van der Waals surface area contributed by atoms with Crippen LogP contribution >= 0.6 is 0 Å². The van der Waals surface area contributed by atoms with E-state index < -0.39 is 0 Å². The van der Waals surface area contributed by atoms with Crippen LogP contribution in [0, 0.1) is 6.92 Å². The molecule has 0 aliphatic rings. The number of fused-ring (bicyclic) bond motifs is 1. The lowest BCUT2D eigenvalue weighted by Gasteiger charge is -2.08. The summed E-state index contributed by atoms with van der Waals surface area (Å²) in [5, 5.41) is 1.29. The highest BCUT2D eigenvalue weighted by atomic mass is 15.0. The normalized spacial score (nSPS) is 11.2. The van der Waals surface area contributed by atoms with Crippen molar-refractivity contribution >= 4 is 17.0 Å². The summed E-state index contributed by atoms with van der Waals surface area (Å²) in [5.41, 5.74) is 4.92. The van der Waals surface area contributed by atoms with Crippen molar-refractivity contribution in [2.24, 2.45) is 0 Å². The summed E-state index contributed by atoms with van der Waals surface area (Å²) < 4.78 is 2.30. The number of rotatable bonds is 3. The molecule has 1 heteroatoms. The van der Waals surface area contributed by atoms with Crippen LogP contribution in [0.3, 0.4) is 0 Å². The molecule has 1 aromatic heterocycles. The van der Waals surface area contributed by atoms with Crippen molar-refractivity contribution in [1.82, 2.24) is 4.57 Å². The number of hydrogen-bond acceptors (Lipinski definition) is 0. The van der Waals surface area contributed by atoms with E-state index in [4.69, 9.17) is 0 Å². The second kappa shape index (κ2) is 5.22. The largest absolute Gasteiger partial charge is 0.310 e. The molecular formula is C19H17N. The summed E-state index contributed by atoms with van der Waals surface area (Å²) in [7, 11) is 0. The van der Waals surface area contributed by atoms with Crippen LogP contribution in [-0.2, 0) is 0 Å². The van der Waals surface area contributed by atoms with Gasteiger partial charge in [0.05, 0.1) is 5.52 Å². The highest BCUT2D eigenvalue weighted by Gasteiger charge is 2.12. The van der Waals surface area contributed by atoms with E-state index in [-0.39, 0.29) is 0 Å². The van der Waals surface area contributed by atoms with Gasteiger partial charge >= 0.3 is 0 Å². The second-order valence-corrected chi connectivity index (χ2v) is 4.79. The first-order valence-corrected chi connectivity index (χ1v) is 6.77. The van der Waals surface area contributed by atoms with Crippen LogP contribution in [-0.4, -0.2) is 4.57 Å². The van der Waals surface area contributed by atoms with E-state index in [1.165, 1.54) is 27.8 Å². The van der Waals surface area contributed by atoms with Crippen LogP contribution < -0.4 is 0 Å². The van der Waals surface area contributed by atoms with Gasteiger partial charge in [0.15, 0.2) is 0 Å². The fourth-order valence-corrected chi connectivity index (χ4v) is 2.64. The first-order chi connectivity index (χ1) is 9.83. The van der Waals surface area contributed by atoms with Crippen molar-refractivity contribution in [2.45, 2.75) is 6.92 Å². The molecule has 0 fully saturated rings. The molecule has 0 radical (unpaired) electrons. The monoisotopic (exact) mass is 259 g/mol. The van der Waals surface area contributed by atoms with E-state index in [1.54, 1.807) is 0 Å². The molecule has 0 aliphatic carbocycles. The second-order valence-electron chi connectivity index (χ2n) is 4.79. The lowest BCUT2D eigenvalue weighted by atomic mass is 10.1. The number of benzene rings is 2. The molecule has 20 heavy (non-hydrogen) atoms. The summed E-state index contributed by atoms with van der Waals surface area (Å²) in [6.45, 7) is 5.94. The van der Waals surface area contributed by atoms with Crippen molar-refractivity contribution < 1.29 is 0 Å². The van der Waals surface area contributed by atoms with E-state index in [0.29, 0.717) is 0 Å². The molecule has 0 aliphatic heterocycles. The summed E-state index contributed by atoms with van der Waals surface area (Å²) in [6, 6.07) is 19.0. The molecule has 0 N–H and O–H groups in total. The predicted molar refractivity (Wildman–Crippen MR) is 87.2 cm³/mol. The minimum Gasteiger partial charge on any atom is -0.310 e. The van der Waals surface area contributed by atoms with Crippen molar-refractivity contribution in [3.63, 3.8) is 0 Å². The molecule has 0 saturated heterocycles. The first kappa shape index (κ1) is 12.5. The van der Waals surface area contributed by atoms with Gasteiger partial charge in [-0.15, -0.1) is 0 Å². The first-order valence-electron chi connectivity index (χ1n) is 6.77. The number of para-hydroxylation sites is 2. The predicted octanol–water partition coefficient (Wildman–Crippen LogP) is 5.14. The maximum atomic E-state index is 3.77. The smallest absolute Gasteiger partial charge is 0.0537 e. The number of aryl methyl sites for hydroxylation is 1. The zero-order valence-electron chi connectivity index (χ0n) is 11.6. The Kier molecular flexibility index (Phi) is 3.26. The van der Waals surface area contributed by atoms with Gasteiger partial charge in [0.2, 0.25) is 0 Å². The molecule has 0 saturated carbocycles. The topological polar surface area (TPSA) is 4.93 Å². The molecule has 1 nitrogen and oxygen atoms in total. The third-order valence-corrected chi connectivity index (χ3v) is 3.58. The van der Waals surface area contributed by atoms with Gasteiger partial charge in [0.25, 0.3) is 0 Å². The third kappa shape index (κ3) is 1.97. The molecule has 0 atom stereocenters. The number of allylic oxidation sites excluding steroid dienone is 2. The molecule has 2 aromatic carbocycles. The molecule has 0 unspecified atom stereocenters. The highest BCUT2D eigenvalue weighted by Crippen LogP contribution is 2.29. The summed E-state index contributed by atoms with van der Waals surface area (Å²) in [6.07, 6.45) is 5.92. The minimum absolute atomic E-state index is 1.18. The summed E-state index contributed by atoms with van der Waals surface area (Å²) >= 11 is 0. The van der Waals surface area contributed by atoms with Crippen LogP contribution in [0.15, 0.2) is 73.3 Å². The van der Waals surface area contributed by atoms with Gasteiger partial charge in [0.1, 0.15) is 0 Å². The van der Waals surface area contributed by atoms with Gasteiger partial charge in [-0.25, -0.2) is 0 Å². The number of hydrogen-bond donors (Lipinski definition) is 0. The summed E-state index contributed by atoms with van der Waals surface area (Å²) in [4.78, 5) is 0. The average molecular weight is 259 g/mol. The van der Waals surface area contributed by atoms with Gasteiger partial charge in [0, 0.05) is 16.8 Å². The van der Waals surface area contributed by atoms with Crippen molar-refractivity contribution in [1.29, 1.82) is 0 Å². The Hall–Kier alpha value is -2.54. The maximum absolute atomic E-state index is 3.77. The molecule has 98 valence electrons. The standard InChI is InChI=1S/C19H17N/c1-3-4-13-18-15(2)17-12-8-9-14-19(17)20(18)16-10-6-5-7-11-16/h3-14H,1H2,2H3.